The molecule has 2 amide bonds. The lowest BCUT2D eigenvalue weighted by atomic mass is 9.94. The summed E-state index contributed by atoms with van der Waals surface area (Å²) in [5.41, 5.74) is 3.98. The van der Waals surface area contributed by atoms with Gasteiger partial charge in [0.15, 0.2) is 0 Å². The average Bonchev–Trinajstić information content (AvgIpc) is 3.62. The van der Waals surface area contributed by atoms with Gasteiger partial charge in [-0.15, -0.1) is 0 Å². The highest BCUT2D eigenvalue weighted by Crippen LogP contribution is 2.32. The molecular weight excluding hydrogens is 521 g/mol. The van der Waals surface area contributed by atoms with Crippen molar-refractivity contribution in [3.63, 3.8) is 0 Å². The minimum absolute atomic E-state index is 0.0734. The lowest BCUT2D eigenvalue weighted by molar-refractivity contribution is 0.159. The normalized spacial score (nSPS) is 17.5. The molecule has 0 aliphatic carbocycles. The van der Waals surface area contributed by atoms with Crippen LogP contribution in [0.1, 0.15) is 17.0 Å². The van der Waals surface area contributed by atoms with Crippen LogP contribution in [0, 0.1) is 12.7 Å². The maximum Gasteiger partial charge on any atom is 0.320 e. The van der Waals surface area contributed by atoms with Crippen LogP contribution in [0.4, 0.5) is 15.0 Å². The first-order chi connectivity index (χ1) is 18.8. The Kier molecular flexibility index (Phi) is 7.97. The fraction of sp³-hybridized carbons (Fsp3) is 0.321. The van der Waals surface area contributed by atoms with Gasteiger partial charge in [-0.25, -0.2) is 13.9 Å². The van der Waals surface area contributed by atoms with Gasteiger partial charge < -0.3 is 10.1 Å². The average molecular weight is 552 g/mol. The summed E-state index contributed by atoms with van der Waals surface area (Å²) in [7, 11) is 3.50. The standard InChI is InChI=1S/C28H31ClFN7O2/c1-18-26(20-14-31-35(2)15-20)34-37(21-7-5-4-6-8-21)27(18)33-28(38)32-25-17-36(11-12-39-3)16-22(25)19-9-10-23(29)24(30)13-19/h4-10,13-15,22,25H,11-12,16-17H2,1-3H3,(H2,32,33,38)/t22-,25+/m1/s1. The molecule has 2 aromatic carbocycles. The zero-order valence-corrected chi connectivity index (χ0v) is 22.8. The zero-order valence-electron chi connectivity index (χ0n) is 22.1. The van der Waals surface area contributed by atoms with Gasteiger partial charge in [0.05, 0.1) is 29.6 Å². The first-order valence-electron chi connectivity index (χ1n) is 12.7. The van der Waals surface area contributed by atoms with Gasteiger partial charge in [0, 0.05) is 57.0 Å². The molecule has 0 spiro atoms. The Hall–Kier alpha value is -3.73. The smallest absolute Gasteiger partial charge is 0.320 e. The molecule has 0 saturated carbocycles. The lowest BCUT2D eigenvalue weighted by Crippen LogP contribution is -2.42. The minimum atomic E-state index is -0.474. The Bertz CT molecular complexity index is 1460. The SMILES string of the molecule is COCCN1C[C@H](NC(=O)Nc2c(C)c(-c3cnn(C)c3)nn2-c2ccccc2)[C@@H](c2ccc(Cl)c(F)c2)C1. The molecule has 4 aromatic rings. The van der Waals surface area contributed by atoms with Crippen LogP contribution in [-0.4, -0.2) is 69.9 Å². The third-order valence-electron chi connectivity index (χ3n) is 7.03. The molecular formula is C28H31ClFN7O2. The number of likely N-dealkylation sites (tertiary alicyclic amines) is 1. The van der Waals surface area contributed by atoms with Crippen molar-refractivity contribution in [2.75, 3.05) is 38.7 Å². The molecule has 1 fully saturated rings. The molecule has 2 aromatic heterocycles. The van der Waals surface area contributed by atoms with E-state index in [0.29, 0.717) is 32.1 Å². The van der Waals surface area contributed by atoms with E-state index < -0.39 is 5.82 Å². The number of urea groups is 1. The number of methoxy groups -OCH3 is 1. The van der Waals surface area contributed by atoms with E-state index in [4.69, 9.17) is 21.4 Å². The number of aryl methyl sites for hydroxylation is 1. The first kappa shape index (κ1) is 26.9. The van der Waals surface area contributed by atoms with Crippen molar-refractivity contribution in [3.8, 4) is 16.9 Å². The number of para-hydroxylation sites is 1. The summed E-state index contributed by atoms with van der Waals surface area (Å²) in [6.07, 6.45) is 3.63. The molecule has 2 atom stereocenters. The molecule has 9 nitrogen and oxygen atoms in total. The van der Waals surface area contributed by atoms with Gasteiger partial charge in [0.2, 0.25) is 0 Å². The van der Waals surface area contributed by atoms with Gasteiger partial charge in [-0.1, -0.05) is 35.9 Å². The molecule has 0 unspecified atom stereocenters. The predicted molar refractivity (Wildman–Crippen MR) is 149 cm³/mol. The van der Waals surface area contributed by atoms with Crippen LogP contribution in [0.5, 0.6) is 0 Å². The van der Waals surface area contributed by atoms with Crippen molar-refractivity contribution in [2.24, 2.45) is 7.05 Å². The summed E-state index contributed by atoms with van der Waals surface area (Å²) in [6, 6.07) is 13.8. The van der Waals surface area contributed by atoms with E-state index in [2.05, 4.69) is 20.6 Å². The van der Waals surface area contributed by atoms with E-state index in [9.17, 15) is 9.18 Å². The number of benzene rings is 2. The summed E-state index contributed by atoms with van der Waals surface area (Å²) in [6.45, 7) is 4.45. The second-order valence-electron chi connectivity index (χ2n) is 9.71. The molecule has 1 aliphatic rings. The number of hydrogen-bond donors (Lipinski definition) is 2. The molecule has 3 heterocycles. The summed E-state index contributed by atoms with van der Waals surface area (Å²) >= 11 is 5.93. The second kappa shape index (κ2) is 11.6. The number of anilines is 1. The van der Waals surface area contributed by atoms with Gasteiger partial charge in [0.1, 0.15) is 17.3 Å². The maximum absolute atomic E-state index is 14.3. The topological polar surface area (TPSA) is 89.2 Å². The molecule has 11 heteroatoms. The van der Waals surface area contributed by atoms with Crippen molar-refractivity contribution >= 4 is 23.4 Å². The number of aromatic nitrogens is 4. The van der Waals surface area contributed by atoms with Crippen LogP contribution in [0.3, 0.4) is 0 Å². The highest BCUT2D eigenvalue weighted by atomic mass is 35.5. The van der Waals surface area contributed by atoms with Gasteiger partial charge in [-0.05, 0) is 36.8 Å². The van der Waals surface area contributed by atoms with Crippen molar-refractivity contribution in [2.45, 2.75) is 18.9 Å². The third kappa shape index (κ3) is 5.83. The number of halogens is 2. The fourth-order valence-corrected chi connectivity index (χ4v) is 5.16. The van der Waals surface area contributed by atoms with E-state index in [0.717, 1.165) is 28.1 Å². The van der Waals surface area contributed by atoms with Crippen LogP contribution in [0.15, 0.2) is 60.9 Å². The highest BCUT2D eigenvalue weighted by molar-refractivity contribution is 6.30. The van der Waals surface area contributed by atoms with Gasteiger partial charge in [0.25, 0.3) is 0 Å². The van der Waals surface area contributed by atoms with Crippen LogP contribution >= 0.6 is 11.6 Å². The van der Waals surface area contributed by atoms with Gasteiger partial charge in [-0.3, -0.25) is 14.9 Å². The van der Waals surface area contributed by atoms with E-state index in [-0.39, 0.29) is 23.0 Å². The largest absolute Gasteiger partial charge is 0.383 e. The Morgan fingerprint density at radius 2 is 2.00 bits per heavy atom. The van der Waals surface area contributed by atoms with E-state index in [1.165, 1.54) is 6.07 Å². The molecule has 5 rings (SSSR count). The second-order valence-corrected chi connectivity index (χ2v) is 10.1. The lowest BCUT2D eigenvalue weighted by Gasteiger charge is -2.21. The van der Waals surface area contributed by atoms with Crippen molar-refractivity contribution in [3.05, 3.63) is 82.9 Å². The zero-order chi connectivity index (χ0) is 27.5. The number of hydrogen-bond acceptors (Lipinski definition) is 5. The Labute approximate surface area is 231 Å². The third-order valence-corrected chi connectivity index (χ3v) is 7.34. The summed E-state index contributed by atoms with van der Waals surface area (Å²) in [4.78, 5) is 15.7. The molecule has 0 bridgehead atoms. The predicted octanol–water partition coefficient (Wildman–Crippen LogP) is 4.61. The molecule has 1 aliphatic heterocycles. The number of amides is 2. The number of nitrogens with one attached hydrogen (secondary N) is 2. The number of ether oxygens (including phenoxy) is 1. The fourth-order valence-electron chi connectivity index (χ4n) is 5.04. The quantitative estimate of drug-likeness (QED) is 0.334. The van der Waals surface area contributed by atoms with Crippen molar-refractivity contribution in [1.29, 1.82) is 0 Å². The van der Waals surface area contributed by atoms with Crippen LogP contribution in [0.25, 0.3) is 16.9 Å². The molecule has 1 saturated heterocycles. The van der Waals surface area contributed by atoms with Gasteiger partial charge >= 0.3 is 6.03 Å². The van der Waals surface area contributed by atoms with Crippen molar-refractivity contribution < 1.29 is 13.9 Å². The first-order valence-corrected chi connectivity index (χ1v) is 13.1. The molecule has 2 N–H and O–H groups in total. The monoisotopic (exact) mass is 551 g/mol. The number of carbonyl (C=O) groups is 1. The number of rotatable bonds is 8. The van der Waals surface area contributed by atoms with Crippen LogP contribution in [-0.2, 0) is 11.8 Å². The number of carbonyl (C=O) groups excluding carboxylic acids is 1. The van der Waals surface area contributed by atoms with E-state index in [1.807, 2.05) is 56.6 Å². The number of nitrogens with zero attached hydrogens (tertiary/aromatic N) is 5. The Morgan fingerprint density at radius 3 is 2.69 bits per heavy atom. The molecule has 204 valence electrons. The summed E-state index contributed by atoms with van der Waals surface area (Å²) < 4.78 is 23.0. The molecule has 39 heavy (non-hydrogen) atoms. The minimum Gasteiger partial charge on any atom is -0.383 e. The van der Waals surface area contributed by atoms with Crippen LogP contribution < -0.4 is 10.6 Å². The van der Waals surface area contributed by atoms with E-state index in [1.54, 1.807) is 28.7 Å². The summed E-state index contributed by atoms with van der Waals surface area (Å²) in [5, 5.41) is 15.3. The van der Waals surface area contributed by atoms with E-state index >= 15 is 0 Å². The Morgan fingerprint density at radius 1 is 1.21 bits per heavy atom. The maximum atomic E-state index is 14.3. The van der Waals surface area contributed by atoms with Crippen molar-refractivity contribution in [1.82, 2.24) is 29.8 Å². The summed E-state index contributed by atoms with van der Waals surface area (Å²) in [5.74, 6) is -0.0376. The Balaban J connectivity index is 1.42. The van der Waals surface area contributed by atoms with Gasteiger partial charge in [-0.2, -0.15) is 10.2 Å². The molecule has 0 radical (unpaired) electrons. The highest BCUT2D eigenvalue weighted by Gasteiger charge is 2.35. The van der Waals surface area contributed by atoms with Crippen LogP contribution in [0.2, 0.25) is 5.02 Å².